The molecular weight excluding hydrogens is 238 g/mol. The first-order valence-electron chi connectivity index (χ1n) is 7.06. The Kier molecular flexibility index (Phi) is 4.75. The molecule has 0 radical (unpaired) electrons. The van der Waals surface area contributed by atoms with Crippen molar-refractivity contribution in [3.8, 4) is 6.07 Å². The van der Waals surface area contributed by atoms with Crippen molar-refractivity contribution in [2.75, 3.05) is 18.5 Å². The monoisotopic (exact) mass is 259 g/mol. The number of hydrogen-bond acceptors (Lipinski definition) is 4. The molecule has 0 saturated carbocycles. The maximum atomic E-state index is 9.21. The van der Waals surface area contributed by atoms with Crippen LogP contribution in [0.25, 0.3) is 0 Å². The van der Waals surface area contributed by atoms with Crippen LogP contribution in [0.15, 0.2) is 6.07 Å². The molecule has 1 aliphatic rings. The number of aromatic nitrogens is 1. The number of aliphatic hydroxyl groups is 1. The summed E-state index contributed by atoms with van der Waals surface area (Å²) < 4.78 is 0. The molecule has 1 aromatic rings. The number of nitrogens with zero attached hydrogens (tertiary/aromatic N) is 2. The van der Waals surface area contributed by atoms with E-state index in [0.29, 0.717) is 17.3 Å². The molecule has 4 nitrogen and oxygen atoms in total. The molecule has 102 valence electrons. The predicted molar refractivity (Wildman–Crippen MR) is 75.0 cm³/mol. The molecule has 1 aliphatic carbocycles. The summed E-state index contributed by atoms with van der Waals surface area (Å²) in [4.78, 5) is 4.59. The van der Waals surface area contributed by atoms with Crippen molar-refractivity contribution in [1.29, 1.82) is 5.26 Å². The summed E-state index contributed by atoms with van der Waals surface area (Å²) in [5.41, 5.74) is 3.00. The van der Waals surface area contributed by atoms with E-state index in [4.69, 9.17) is 5.11 Å². The normalized spacial score (nSPS) is 14.8. The molecule has 1 aromatic heterocycles. The number of nitrogens with one attached hydrogen (secondary N) is 1. The van der Waals surface area contributed by atoms with Crippen molar-refractivity contribution in [2.24, 2.45) is 5.92 Å². The Hall–Kier alpha value is -1.60. The molecule has 4 heteroatoms. The van der Waals surface area contributed by atoms with Crippen molar-refractivity contribution in [3.63, 3.8) is 0 Å². The fraction of sp³-hybridized carbons (Fsp3) is 0.600. The zero-order valence-corrected chi connectivity index (χ0v) is 11.4. The van der Waals surface area contributed by atoms with E-state index < -0.39 is 0 Å². The predicted octanol–water partition coefficient (Wildman–Crippen LogP) is 2.26. The lowest BCUT2D eigenvalue weighted by molar-refractivity contribution is 0.258. The first-order chi connectivity index (χ1) is 9.28. The molecule has 0 spiro atoms. The molecule has 0 saturated heterocycles. The van der Waals surface area contributed by atoms with Gasteiger partial charge in [-0.05, 0) is 43.2 Å². The Morgan fingerprint density at radius 2 is 2.37 bits per heavy atom. The van der Waals surface area contributed by atoms with Crippen LogP contribution in [0.1, 0.15) is 43.0 Å². The standard InChI is InChI=1S/C15H21N3O/c1-2-11(6-7-19)10-17-15-13(9-16)8-12-4-3-5-14(12)18-15/h8,11,19H,2-7,10H2,1H3,(H,17,18). The summed E-state index contributed by atoms with van der Waals surface area (Å²) >= 11 is 0. The highest BCUT2D eigenvalue weighted by Crippen LogP contribution is 2.25. The van der Waals surface area contributed by atoms with Gasteiger partial charge in [0, 0.05) is 18.8 Å². The van der Waals surface area contributed by atoms with Gasteiger partial charge in [-0.3, -0.25) is 0 Å². The van der Waals surface area contributed by atoms with Gasteiger partial charge in [-0.1, -0.05) is 13.3 Å². The van der Waals surface area contributed by atoms with Gasteiger partial charge in [0.15, 0.2) is 0 Å². The van der Waals surface area contributed by atoms with Crippen LogP contribution >= 0.6 is 0 Å². The topological polar surface area (TPSA) is 68.9 Å². The van der Waals surface area contributed by atoms with Crippen LogP contribution in [-0.4, -0.2) is 23.2 Å². The van der Waals surface area contributed by atoms with Crippen molar-refractivity contribution in [3.05, 3.63) is 22.9 Å². The quantitative estimate of drug-likeness (QED) is 0.822. The van der Waals surface area contributed by atoms with Gasteiger partial charge < -0.3 is 10.4 Å². The van der Waals surface area contributed by atoms with Gasteiger partial charge in [-0.2, -0.15) is 5.26 Å². The first-order valence-corrected chi connectivity index (χ1v) is 7.06. The maximum absolute atomic E-state index is 9.21. The Morgan fingerprint density at radius 3 is 3.05 bits per heavy atom. The zero-order valence-electron chi connectivity index (χ0n) is 11.4. The summed E-state index contributed by atoms with van der Waals surface area (Å²) in [5, 5.41) is 21.5. The maximum Gasteiger partial charge on any atom is 0.144 e. The van der Waals surface area contributed by atoms with Gasteiger partial charge in [0.05, 0.1) is 5.56 Å². The Morgan fingerprint density at radius 1 is 1.53 bits per heavy atom. The third-order valence-corrected chi connectivity index (χ3v) is 3.84. The van der Waals surface area contributed by atoms with Crippen LogP contribution in [0.4, 0.5) is 5.82 Å². The third-order valence-electron chi connectivity index (χ3n) is 3.84. The molecule has 0 aromatic carbocycles. The molecule has 0 fully saturated rings. The zero-order chi connectivity index (χ0) is 13.7. The Labute approximate surface area is 114 Å². The van der Waals surface area contributed by atoms with Crippen molar-refractivity contribution < 1.29 is 5.11 Å². The van der Waals surface area contributed by atoms with E-state index in [1.54, 1.807) is 0 Å². The Balaban J connectivity index is 2.09. The number of aliphatic hydroxyl groups excluding tert-OH is 1. The van der Waals surface area contributed by atoms with E-state index >= 15 is 0 Å². The molecular formula is C15H21N3O. The van der Waals surface area contributed by atoms with E-state index in [1.807, 2.05) is 6.07 Å². The molecule has 1 heterocycles. The molecule has 1 unspecified atom stereocenters. The van der Waals surface area contributed by atoms with E-state index in [0.717, 1.165) is 44.3 Å². The van der Waals surface area contributed by atoms with Gasteiger partial charge in [0.2, 0.25) is 0 Å². The summed E-state index contributed by atoms with van der Waals surface area (Å²) in [5.74, 6) is 1.13. The van der Waals surface area contributed by atoms with Crippen LogP contribution in [0, 0.1) is 17.2 Å². The second-order valence-corrected chi connectivity index (χ2v) is 5.12. The van der Waals surface area contributed by atoms with E-state index in [2.05, 4.69) is 23.3 Å². The third kappa shape index (κ3) is 3.24. The largest absolute Gasteiger partial charge is 0.396 e. The lowest BCUT2D eigenvalue weighted by Gasteiger charge is -2.16. The average Bonchev–Trinajstić information content (AvgIpc) is 2.89. The molecule has 0 aliphatic heterocycles. The molecule has 0 amide bonds. The first kappa shape index (κ1) is 13.8. The molecule has 2 rings (SSSR count). The summed E-state index contributed by atoms with van der Waals surface area (Å²) in [6.45, 7) is 3.09. The summed E-state index contributed by atoms with van der Waals surface area (Å²) in [6, 6.07) is 4.20. The SMILES string of the molecule is CCC(CCO)CNc1nc2c(cc1C#N)CCC2. The van der Waals surface area contributed by atoms with Crippen molar-refractivity contribution in [1.82, 2.24) is 4.98 Å². The molecule has 0 bridgehead atoms. The van der Waals surface area contributed by atoms with E-state index in [-0.39, 0.29) is 6.61 Å². The average molecular weight is 259 g/mol. The van der Waals surface area contributed by atoms with Crippen LogP contribution < -0.4 is 5.32 Å². The van der Waals surface area contributed by atoms with Crippen molar-refractivity contribution in [2.45, 2.75) is 39.0 Å². The van der Waals surface area contributed by atoms with Gasteiger partial charge in [-0.15, -0.1) is 0 Å². The highest BCUT2D eigenvalue weighted by molar-refractivity contribution is 5.55. The second-order valence-electron chi connectivity index (χ2n) is 5.12. The van der Waals surface area contributed by atoms with Crippen LogP contribution in [0.3, 0.4) is 0 Å². The van der Waals surface area contributed by atoms with Crippen LogP contribution in [0.2, 0.25) is 0 Å². The highest BCUT2D eigenvalue weighted by Gasteiger charge is 2.16. The fourth-order valence-electron chi connectivity index (χ4n) is 2.57. The van der Waals surface area contributed by atoms with Gasteiger partial charge in [0.25, 0.3) is 0 Å². The number of aryl methyl sites for hydroxylation is 2. The van der Waals surface area contributed by atoms with Gasteiger partial charge in [0.1, 0.15) is 11.9 Å². The number of rotatable bonds is 6. The van der Waals surface area contributed by atoms with Crippen LogP contribution in [0.5, 0.6) is 0 Å². The Bertz CT molecular complexity index is 479. The second kappa shape index (κ2) is 6.53. The molecule has 1 atom stereocenters. The van der Waals surface area contributed by atoms with Crippen LogP contribution in [-0.2, 0) is 12.8 Å². The van der Waals surface area contributed by atoms with Gasteiger partial charge >= 0.3 is 0 Å². The van der Waals surface area contributed by atoms with Gasteiger partial charge in [-0.25, -0.2) is 4.98 Å². The lowest BCUT2D eigenvalue weighted by atomic mass is 10.0. The number of pyridine rings is 1. The number of nitriles is 1. The molecule has 19 heavy (non-hydrogen) atoms. The smallest absolute Gasteiger partial charge is 0.144 e. The number of anilines is 1. The molecule has 2 N–H and O–H groups in total. The minimum Gasteiger partial charge on any atom is -0.396 e. The minimum absolute atomic E-state index is 0.211. The highest BCUT2D eigenvalue weighted by atomic mass is 16.3. The summed E-state index contributed by atoms with van der Waals surface area (Å²) in [6.07, 6.45) is 5.00. The van der Waals surface area contributed by atoms with E-state index in [1.165, 1.54) is 5.56 Å². The van der Waals surface area contributed by atoms with Crippen molar-refractivity contribution >= 4 is 5.82 Å². The number of fused-ring (bicyclic) bond motifs is 1. The summed E-state index contributed by atoms with van der Waals surface area (Å²) in [7, 11) is 0. The lowest BCUT2D eigenvalue weighted by Crippen LogP contribution is -2.16. The number of hydrogen-bond donors (Lipinski definition) is 2. The van der Waals surface area contributed by atoms with E-state index in [9.17, 15) is 5.26 Å². The minimum atomic E-state index is 0.211. The fourth-order valence-corrected chi connectivity index (χ4v) is 2.57.